The van der Waals surface area contributed by atoms with Crippen molar-refractivity contribution in [2.24, 2.45) is 0 Å². The second-order valence-electron chi connectivity index (χ2n) is 6.77. The van der Waals surface area contributed by atoms with Gasteiger partial charge in [-0.1, -0.05) is 12.1 Å². The molecule has 0 unspecified atom stereocenters. The zero-order chi connectivity index (χ0) is 23.8. The van der Waals surface area contributed by atoms with Gasteiger partial charge in [0, 0.05) is 24.2 Å². The number of hydrogen-bond donors (Lipinski definition) is 2. The molecule has 0 spiro atoms. The fourth-order valence-corrected chi connectivity index (χ4v) is 3.18. The van der Waals surface area contributed by atoms with Crippen molar-refractivity contribution in [2.75, 3.05) is 25.6 Å². The number of carbonyl (C=O) groups is 1. The first-order valence-electron chi connectivity index (χ1n) is 10.1. The fraction of sp³-hybridized carbons (Fsp3) is 0.261. The van der Waals surface area contributed by atoms with E-state index in [9.17, 15) is 18.7 Å². The third-order valence-electron chi connectivity index (χ3n) is 4.66. The summed E-state index contributed by atoms with van der Waals surface area (Å²) in [6, 6.07) is 11.1. The molecule has 2 N–H and O–H groups in total. The molecule has 0 aliphatic carbocycles. The Bertz CT molecular complexity index is 1110. The van der Waals surface area contributed by atoms with Gasteiger partial charge in [-0.05, 0) is 37.1 Å². The summed E-state index contributed by atoms with van der Waals surface area (Å²) in [6.07, 6.45) is 1.94. The van der Waals surface area contributed by atoms with Crippen LogP contribution < -0.4 is 19.5 Å². The Morgan fingerprint density at radius 2 is 1.94 bits per heavy atom. The van der Waals surface area contributed by atoms with Crippen molar-refractivity contribution in [1.82, 2.24) is 9.97 Å². The number of hydrogen-bond acceptors (Lipinski definition) is 7. The highest BCUT2D eigenvalue weighted by atomic mass is 19.3. The van der Waals surface area contributed by atoms with E-state index in [1.54, 1.807) is 31.2 Å². The fourth-order valence-electron chi connectivity index (χ4n) is 3.18. The maximum atomic E-state index is 12.4. The van der Waals surface area contributed by atoms with E-state index in [0.717, 1.165) is 5.56 Å². The number of nitrogens with zero attached hydrogens (tertiary/aromatic N) is 2. The van der Waals surface area contributed by atoms with Gasteiger partial charge in [0.1, 0.15) is 35.0 Å². The topological polar surface area (TPSA) is 103 Å². The molecule has 0 aliphatic rings. The molecule has 0 saturated carbocycles. The summed E-state index contributed by atoms with van der Waals surface area (Å²) >= 11 is 0. The highest BCUT2D eigenvalue weighted by molar-refractivity contribution is 5.91. The van der Waals surface area contributed by atoms with E-state index in [0.29, 0.717) is 42.4 Å². The maximum Gasteiger partial charge on any atom is 0.387 e. The van der Waals surface area contributed by atoms with Crippen LogP contribution in [0.5, 0.6) is 17.2 Å². The minimum atomic E-state index is -2.90. The predicted octanol–water partition coefficient (Wildman–Crippen LogP) is 4.51. The van der Waals surface area contributed by atoms with Crippen molar-refractivity contribution in [1.29, 1.82) is 0 Å². The Labute approximate surface area is 189 Å². The van der Waals surface area contributed by atoms with Crippen LogP contribution in [0.2, 0.25) is 0 Å². The van der Waals surface area contributed by atoms with Crippen LogP contribution >= 0.6 is 0 Å². The first-order valence-corrected chi connectivity index (χ1v) is 10.1. The molecule has 0 aliphatic heterocycles. The smallest absolute Gasteiger partial charge is 0.387 e. The molecule has 174 valence electrons. The Morgan fingerprint density at radius 1 is 1.12 bits per heavy atom. The van der Waals surface area contributed by atoms with Gasteiger partial charge in [-0.15, -0.1) is 0 Å². The Morgan fingerprint density at radius 3 is 2.64 bits per heavy atom. The van der Waals surface area contributed by atoms with Crippen LogP contribution in [0.15, 0.2) is 48.8 Å². The number of carboxylic acids is 1. The van der Waals surface area contributed by atoms with Crippen molar-refractivity contribution in [3.8, 4) is 28.5 Å². The lowest BCUT2D eigenvalue weighted by atomic mass is 10.1. The average Bonchev–Trinajstić information content (AvgIpc) is 2.79. The summed E-state index contributed by atoms with van der Waals surface area (Å²) in [5, 5.41) is 12.5. The van der Waals surface area contributed by atoms with E-state index in [4.69, 9.17) is 9.47 Å². The molecule has 2 aromatic carbocycles. The van der Waals surface area contributed by atoms with Gasteiger partial charge in [0.05, 0.1) is 19.4 Å². The lowest BCUT2D eigenvalue weighted by molar-refractivity contribution is -0.0499. The van der Waals surface area contributed by atoms with Crippen LogP contribution in [0.3, 0.4) is 0 Å². The number of carboxylic acid groups (broad SMARTS) is 1. The number of halogens is 2. The quantitative estimate of drug-likeness (QED) is 0.432. The molecular formula is C23H23F2N3O5. The summed E-state index contributed by atoms with van der Waals surface area (Å²) in [6.45, 7) is -0.304. The van der Waals surface area contributed by atoms with Crippen LogP contribution in [0, 0.1) is 0 Å². The molecule has 0 fully saturated rings. The molecule has 0 radical (unpaired) electrons. The van der Waals surface area contributed by atoms with E-state index in [-0.39, 0.29) is 17.1 Å². The van der Waals surface area contributed by atoms with E-state index in [1.165, 1.54) is 31.6 Å². The van der Waals surface area contributed by atoms with Gasteiger partial charge in [0.25, 0.3) is 0 Å². The molecule has 0 bridgehead atoms. The van der Waals surface area contributed by atoms with Gasteiger partial charge in [-0.3, -0.25) is 0 Å². The van der Waals surface area contributed by atoms with E-state index < -0.39 is 12.6 Å². The van der Waals surface area contributed by atoms with Crippen molar-refractivity contribution in [3.05, 3.63) is 59.9 Å². The molecule has 3 rings (SSSR count). The summed E-state index contributed by atoms with van der Waals surface area (Å²) < 4.78 is 39.9. The van der Waals surface area contributed by atoms with Gasteiger partial charge in [0.2, 0.25) is 0 Å². The van der Waals surface area contributed by atoms with Gasteiger partial charge in [-0.2, -0.15) is 8.78 Å². The monoisotopic (exact) mass is 459 g/mol. The molecule has 1 aromatic heterocycles. The number of ether oxygens (including phenoxy) is 3. The normalized spacial score (nSPS) is 10.7. The Kier molecular flexibility index (Phi) is 7.96. The maximum absolute atomic E-state index is 12.4. The molecule has 33 heavy (non-hydrogen) atoms. The van der Waals surface area contributed by atoms with E-state index in [2.05, 4.69) is 20.0 Å². The second-order valence-corrected chi connectivity index (χ2v) is 6.77. The molecule has 8 nitrogen and oxygen atoms in total. The summed E-state index contributed by atoms with van der Waals surface area (Å²) in [5.74, 6) is 0.234. The first-order chi connectivity index (χ1) is 15.9. The first kappa shape index (κ1) is 23.7. The summed E-state index contributed by atoms with van der Waals surface area (Å²) in [5.41, 5.74) is 2.17. The van der Waals surface area contributed by atoms with E-state index in [1.807, 2.05) is 0 Å². The molecule has 10 heteroatoms. The lowest BCUT2D eigenvalue weighted by Gasteiger charge is -2.12. The average molecular weight is 459 g/mol. The van der Waals surface area contributed by atoms with Gasteiger partial charge >= 0.3 is 12.6 Å². The lowest BCUT2D eigenvalue weighted by Crippen LogP contribution is -2.08. The molecule has 0 saturated heterocycles. The SMILES string of the molecule is CCOc1cc(-c2cc(NCCc3ccc(OC(F)F)cc3OC)ncn2)ccc1C(=O)O. The zero-order valence-electron chi connectivity index (χ0n) is 18.0. The van der Waals surface area contributed by atoms with Crippen LogP contribution in [-0.2, 0) is 6.42 Å². The largest absolute Gasteiger partial charge is 0.496 e. The van der Waals surface area contributed by atoms with Gasteiger partial charge in [0.15, 0.2) is 0 Å². The van der Waals surface area contributed by atoms with Crippen molar-refractivity contribution < 1.29 is 32.9 Å². The molecule has 1 heterocycles. The Hall–Kier alpha value is -3.95. The number of alkyl halides is 2. The minimum absolute atomic E-state index is 0.0272. The predicted molar refractivity (Wildman–Crippen MR) is 117 cm³/mol. The third kappa shape index (κ3) is 6.28. The van der Waals surface area contributed by atoms with Crippen molar-refractivity contribution >= 4 is 11.8 Å². The van der Waals surface area contributed by atoms with Crippen molar-refractivity contribution in [3.63, 3.8) is 0 Å². The number of methoxy groups -OCH3 is 1. The Balaban J connectivity index is 1.70. The molecule has 3 aromatic rings. The highest BCUT2D eigenvalue weighted by Gasteiger charge is 2.14. The number of nitrogens with one attached hydrogen (secondary N) is 1. The molecular weight excluding hydrogens is 436 g/mol. The number of rotatable bonds is 11. The number of anilines is 1. The van der Waals surface area contributed by atoms with Crippen LogP contribution in [0.25, 0.3) is 11.3 Å². The third-order valence-corrected chi connectivity index (χ3v) is 4.66. The number of benzene rings is 2. The van der Waals surface area contributed by atoms with Gasteiger partial charge < -0.3 is 24.6 Å². The molecule has 0 atom stereocenters. The molecule has 0 amide bonds. The zero-order valence-corrected chi connectivity index (χ0v) is 18.0. The second kappa shape index (κ2) is 11.1. The number of aromatic carboxylic acids is 1. The van der Waals surface area contributed by atoms with Gasteiger partial charge in [-0.25, -0.2) is 14.8 Å². The van der Waals surface area contributed by atoms with Crippen LogP contribution in [-0.4, -0.2) is 47.9 Å². The number of aromatic nitrogens is 2. The highest BCUT2D eigenvalue weighted by Crippen LogP contribution is 2.28. The van der Waals surface area contributed by atoms with Crippen molar-refractivity contribution in [2.45, 2.75) is 20.0 Å². The minimum Gasteiger partial charge on any atom is -0.496 e. The summed E-state index contributed by atoms with van der Waals surface area (Å²) in [7, 11) is 1.46. The van der Waals surface area contributed by atoms with E-state index >= 15 is 0 Å². The van der Waals surface area contributed by atoms with Crippen LogP contribution in [0.1, 0.15) is 22.8 Å². The standard InChI is InChI=1S/C23H23F2N3O5/c1-3-32-20-10-15(5-7-17(20)22(29)30)18-12-21(28-13-27-18)26-9-8-14-4-6-16(33-23(24)25)11-19(14)31-2/h4-7,10-13,23H,3,8-9H2,1-2H3,(H,29,30)(H,26,27,28). The summed E-state index contributed by atoms with van der Waals surface area (Å²) in [4.78, 5) is 19.9. The van der Waals surface area contributed by atoms with Crippen LogP contribution in [0.4, 0.5) is 14.6 Å².